The quantitative estimate of drug-likeness (QED) is 0.821. The van der Waals surface area contributed by atoms with Crippen LogP contribution in [0, 0.1) is 5.41 Å². The Morgan fingerprint density at radius 2 is 1.88 bits per heavy atom. The highest BCUT2D eigenvalue weighted by Gasteiger charge is 2.60. The minimum atomic E-state index is -1.43. The van der Waals surface area contributed by atoms with Crippen LogP contribution in [-0.4, -0.2) is 39.6 Å². The predicted molar refractivity (Wildman–Crippen MR) is 85.0 cm³/mol. The zero-order valence-corrected chi connectivity index (χ0v) is 14.5. The summed E-state index contributed by atoms with van der Waals surface area (Å²) < 4.78 is 11.6. The molecule has 3 aliphatic rings. The molecule has 0 amide bonds. The summed E-state index contributed by atoms with van der Waals surface area (Å²) in [6.07, 6.45) is 0.691. The van der Waals surface area contributed by atoms with Crippen molar-refractivity contribution in [1.29, 1.82) is 0 Å². The van der Waals surface area contributed by atoms with E-state index in [1.165, 1.54) is 0 Å². The zero-order valence-electron chi connectivity index (χ0n) is 14.5. The number of aliphatic hydroxyl groups excluding tert-OH is 2. The van der Waals surface area contributed by atoms with Gasteiger partial charge in [-0.15, -0.1) is 0 Å². The minimum Gasteiger partial charge on any atom is -0.502 e. The highest BCUT2D eigenvalue weighted by molar-refractivity contribution is 6.05. The number of aliphatic hydroxyl groups is 2. The van der Waals surface area contributed by atoms with Gasteiger partial charge in [0.15, 0.2) is 17.6 Å². The first-order valence-corrected chi connectivity index (χ1v) is 8.45. The van der Waals surface area contributed by atoms with Crippen molar-refractivity contribution in [2.24, 2.45) is 5.41 Å². The first-order valence-electron chi connectivity index (χ1n) is 8.45. The Bertz CT molecular complexity index is 675. The number of carbonyl (C=O) groups excluding carboxylic acids is 2. The number of hydrogen-bond acceptors (Lipinski definition) is 6. The van der Waals surface area contributed by atoms with Gasteiger partial charge in [-0.25, -0.2) is 0 Å². The summed E-state index contributed by atoms with van der Waals surface area (Å²) in [5.41, 5.74) is -1.36. The smallest absolute Gasteiger partial charge is 0.237 e. The van der Waals surface area contributed by atoms with E-state index in [9.17, 15) is 19.8 Å². The van der Waals surface area contributed by atoms with Crippen molar-refractivity contribution >= 4 is 11.6 Å². The number of hydrogen-bond donors (Lipinski definition) is 2. The molecule has 132 valence electrons. The first-order chi connectivity index (χ1) is 11.1. The third kappa shape index (κ3) is 2.19. The van der Waals surface area contributed by atoms with Gasteiger partial charge >= 0.3 is 0 Å². The van der Waals surface area contributed by atoms with E-state index in [1.54, 1.807) is 13.8 Å². The summed E-state index contributed by atoms with van der Waals surface area (Å²) in [6, 6.07) is 0. The number of ketones is 2. The Hall–Kier alpha value is -1.82. The zero-order chi connectivity index (χ0) is 17.9. The fourth-order valence-electron chi connectivity index (χ4n) is 4.10. The summed E-state index contributed by atoms with van der Waals surface area (Å²) in [6.45, 7) is 7.26. The van der Waals surface area contributed by atoms with Crippen molar-refractivity contribution in [3.05, 3.63) is 22.9 Å². The predicted octanol–water partition coefficient (Wildman–Crippen LogP) is 2.32. The summed E-state index contributed by atoms with van der Waals surface area (Å²) >= 11 is 0. The molecule has 0 aromatic rings. The van der Waals surface area contributed by atoms with E-state index >= 15 is 0 Å². The third-order valence-electron chi connectivity index (χ3n) is 5.36. The van der Waals surface area contributed by atoms with Gasteiger partial charge in [-0.3, -0.25) is 9.59 Å². The third-order valence-corrected chi connectivity index (χ3v) is 5.36. The maximum Gasteiger partial charge on any atom is 0.237 e. The van der Waals surface area contributed by atoms with Crippen molar-refractivity contribution in [2.75, 3.05) is 0 Å². The molecule has 1 aliphatic carbocycles. The molecule has 0 fully saturated rings. The Morgan fingerprint density at radius 3 is 2.50 bits per heavy atom. The van der Waals surface area contributed by atoms with Crippen LogP contribution in [0.15, 0.2) is 22.9 Å². The molecule has 0 saturated carbocycles. The number of Topliss-reactive ketones (excluding diaryl/α,β-unsaturated/α-hetero) is 2. The van der Waals surface area contributed by atoms with E-state index in [4.69, 9.17) is 9.47 Å². The summed E-state index contributed by atoms with van der Waals surface area (Å²) in [4.78, 5) is 24.9. The van der Waals surface area contributed by atoms with Crippen molar-refractivity contribution in [2.45, 2.75) is 71.2 Å². The standard InChI is InChI=1S/C18H24O6/c1-5-6-7-17(3)8-18(4)10-14(12(20)13(21)16(18)22)23-9(2)11(19)15(10)24-17/h9,16,20,22H,5-8H2,1-4H3/t9-,16+,17-,18-/m0/s1. The average Bonchev–Trinajstić information content (AvgIpc) is 2.53. The van der Waals surface area contributed by atoms with Crippen molar-refractivity contribution in [3.63, 3.8) is 0 Å². The van der Waals surface area contributed by atoms with Crippen LogP contribution < -0.4 is 0 Å². The van der Waals surface area contributed by atoms with Gasteiger partial charge in [0, 0.05) is 5.41 Å². The number of ether oxygens (including phenoxy) is 2. The van der Waals surface area contributed by atoms with Gasteiger partial charge in [-0.05, 0) is 33.1 Å². The lowest BCUT2D eigenvalue weighted by Gasteiger charge is -2.51. The van der Waals surface area contributed by atoms with Gasteiger partial charge < -0.3 is 19.7 Å². The summed E-state index contributed by atoms with van der Waals surface area (Å²) in [5, 5.41) is 20.7. The molecule has 2 heterocycles. The van der Waals surface area contributed by atoms with Crippen LogP contribution in [0.2, 0.25) is 0 Å². The molecule has 0 aromatic heterocycles. The maximum absolute atomic E-state index is 12.6. The van der Waals surface area contributed by atoms with E-state index in [-0.39, 0.29) is 17.3 Å². The molecule has 24 heavy (non-hydrogen) atoms. The van der Waals surface area contributed by atoms with Crippen LogP contribution >= 0.6 is 0 Å². The lowest BCUT2D eigenvalue weighted by atomic mass is 9.62. The van der Waals surface area contributed by atoms with E-state index < -0.39 is 34.8 Å². The average molecular weight is 336 g/mol. The summed E-state index contributed by atoms with van der Waals surface area (Å²) in [7, 11) is 0. The molecule has 0 radical (unpaired) electrons. The van der Waals surface area contributed by atoms with E-state index in [2.05, 4.69) is 6.92 Å². The van der Waals surface area contributed by atoms with Gasteiger partial charge in [0.25, 0.3) is 0 Å². The highest BCUT2D eigenvalue weighted by atomic mass is 16.5. The molecule has 0 aromatic carbocycles. The second-order valence-electron chi connectivity index (χ2n) is 7.52. The molecule has 6 heteroatoms. The fourth-order valence-corrected chi connectivity index (χ4v) is 4.10. The van der Waals surface area contributed by atoms with Crippen molar-refractivity contribution in [1.82, 2.24) is 0 Å². The van der Waals surface area contributed by atoms with E-state index in [0.717, 1.165) is 12.8 Å². The van der Waals surface area contributed by atoms with Gasteiger partial charge in [-0.2, -0.15) is 0 Å². The molecule has 0 spiro atoms. The molecular weight excluding hydrogens is 312 g/mol. The van der Waals surface area contributed by atoms with Gasteiger partial charge in [0.1, 0.15) is 11.7 Å². The second-order valence-corrected chi connectivity index (χ2v) is 7.52. The maximum atomic E-state index is 12.6. The lowest BCUT2D eigenvalue weighted by molar-refractivity contribution is -0.152. The van der Waals surface area contributed by atoms with E-state index in [1.807, 2.05) is 6.92 Å². The van der Waals surface area contributed by atoms with Gasteiger partial charge in [0.05, 0.1) is 5.57 Å². The van der Waals surface area contributed by atoms with Gasteiger partial charge in [0.2, 0.25) is 17.3 Å². The Labute approximate surface area is 141 Å². The van der Waals surface area contributed by atoms with Crippen molar-refractivity contribution in [3.8, 4) is 0 Å². The van der Waals surface area contributed by atoms with Crippen LogP contribution in [-0.2, 0) is 19.1 Å². The topological polar surface area (TPSA) is 93.1 Å². The number of unbranched alkanes of at least 4 members (excludes halogenated alkanes) is 1. The molecule has 2 aliphatic heterocycles. The van der Waals surface area contributed by atoms with Crippen molar-refractivity contribution < 1.29 is 29.3 Å². The lowest BCUT2D eigenvalue weighted by Crippen LogP contribution is -2.56. The monoisotopic (exact) mass is 336 g/mol. The second kappa shape index (κ2) is 5.34. The largest absolute Gasteiger partial charge is 0.502 e. The molecule has 2 N–H and O–H groups in total. The normalized spacial score (nSPS) is 38.7. The van der Waals surface area contributed by atoms with Crippen LogP contribution in [0.5, 0.6) is 0 Å². The molecule has 0 saturated heterocycles. The highest BCUT2D eigenvalue weighted by Crippen LogP contribution is 2.55. The molecule has 3 rings (SSSR count). The van der Waals surface area contributed by atoms with Crippen LogP contribution in [0.3, 0.4) is 0 Å². The Morgan fingerprint density at radius 1 is 1.21 bits per heavy atom. The molecule has 6 nitrogen and oxygen atoms in total. The minimum absolute atomic E-state index is 0.0209. The fraction of sp³-hybridized carbons (Fsp3) is 0.667. The Kier molecular flexibility index (Phi) is 3.79. The summed E-state index contributed by atoms with van der Waals surface area (Å²) in [5.74, 6) is -1.62. The SMILES string of the molecule is CCCC[C@@]1(C)C[C@@]2(C)C3=C(O1)C(=O)[C@H](C)OC3=C(O)C(=O)[C@H]2O. The van der Waals surface area contributed by atoms with Crippen LogP contribution in [0.4, 0.5) is 0 Å². The molecule has 0 unspecified atom stereocenters. The molecular formula is C18H24O6. The number of carbonyl (C=O) groups is 2. The number of rotatable bonds is 3. The van der Waals surface area contributed by atoms with Crippen LogP contribution in [0.1, 0.15) is 53.4 Å². The van der Waals surface area contributed by atoms with Gasteiger partial charge in [-0.1, -0.05) is 20.3 Å². The van der Waals surface area contributed by atoms with E-state index in [0.29, 0.717) is 18.4 Å². The number of allylic oxidation sites excluding steroid dienone is 1. The Balaban J connectivity index is 2.21. The first kappa shape index (κ1) is 17.0. The molecule has 0 bridgehead atoms. The molecule has 4 atom stereocenters. The van der Waals surface area contributed by atoms with Crippen LogP contribution in [0.25, 0.3) is 0 Å².